The molecule has 0 bridgehead atoms. The van der Waals surface area contributed by atoms with Crippen LogP contribution in [0.1, 0.15) is 23.2 Å². The number of carbonyl (C=O) groups is 2. The van der Waals surface area contributed by atoms with Gasteiger partial charge in [-0.1, -0.05) is 18.2 Å². The first-order valence-electron chi connectivity index (χ1n) is 8.79. The van der Waals surface area contributed by atoms with Crippen LogP contribution in [0.5, 0.6) is 0 Å². The summed E-state index contributed by atoms with van der Waals surface area (Å²) in [7, 11) is 0. The van der Waals surface area contributed by atoms with Crippen LogP contribution < -0.4 is 5.32 Å². The molecule has 2 amide bonds. The lowest BCUT2D eigenvalue weighted by Crippen LogP contribution is -2.43. The second-order valence-corrected chi connectivity index (χ2v) is 6.58. The highest BCUT2D eigenvalue weighted by Crippen LogP contribution is 2.21. The smallest absolute Gasteiger partial charge is 0.253 e. The van der Waals surface area contributed by atoms with Gasteiger partial charge in [0.2, 0.25) is 5.91 Å². The van der Waals surface area contributed by atoms with Crippen LogP contribution >= 0.6 is 0 Å². The molecule has 1 fully saturated rings. The number of hydrogen-bond donors (Lipinski definition) is 2. The number of amides is 2. The molecule has 3 aromatic rings. The lowest BCUT2D eigenvalue weighted by molar-refractivity contribution is -0.121. The predicted molar refractivity (Wildman–Crippen MR) is 99.8 cm³/mol. The van der Waals surface area contributed by atoms with Crippen molar-refractivity contribution < 1.29 is 9.59 Å². The van der Waals surface area contributed by atoms with Crippen LogP contribution in [-0.2, 0) is 4.79 Å². The molecule has 2 aromatic carbocycles. The van der Waals surface area contributed by atoms with E-state index >= 15 is 0 Å². The van der Waals surface area contributed by atoms with E-state index in [0.717, 1.165) is 29.6 Å². The van der Waals surface area contributed by atoms with E-state index in [0.29, 0.717) is 18.7 Å². The van der Waals surface area contributed by atoms with Gasteiger partial charge in [-0.05, 0) is 43.2 Å². The number of H-pyrrole nitrogens is 1. The second kappa shape index (κ2) is 7.00. The summed E-state index contributed by atoms with van der Waals surface area (Å²) in [5.74, 6) is -0.264. The molecule has 0 aliphatic carbocycles. The van der Waals surface area contributed by atoms with Crippen molar-refractivity contribution >= 4 is 28.5 Å². The average Bonchev–Trinajstić information content (AvgIpc) is 3.16. The molecule has 1 atom stereocenters. The zero-order valence-electron chi connectivity index (χ0n) is 14.3. The van der Waals surface area contributed by atoms with Crippen LogP contribution in [0.15, 0.2) is 54.9 Å². The van der Waals surface area contributed by atoms with E-state index in [9.17, 15) is 9.59 Å². The van der Waals surface area contributed by atoms with Gasteiger partial charge in [-0.25, -0.2) is 4.98 Å². The Labute approximate surface area is 151 Å². The van der Waals surface area contributed by atoms with Crippen molar-refractivity contribution in [2.75, 3.05) is 18.4 Å². The molecule has 0 spiro atoms. The molecule has 6 heteroatoms. The Morgan fingerprint density at radius 1 is 1.15 bits per heavy atom. The topological polar surface area (TPSA) is 78.1 Å². The van der Waals surface area contributed by atoms with Crippen LogP contribution in [0, 0.1) is 5.92 Å². The molecule has 132 valence electrons. The fourth-order valence-electron chi connectivity index (χ4n) is 3.39. The third kappa shape index (κ3) is 3.31. The zero-order chi connectivity index (χ0) is 17.9. The van der Waals surface area contributed by atoms with Gasteiger partial charge in [0.25, 0.3) is 5.91 Å². The lowest BCUT2D eigenvalue weighted by Gasteiger charge is -2.32. The lowest BCUT2D eigenvalue weighted by atomic mass is 9.96. The van der Waals surface area contributed by atoms with Crippen molar-refractivity contribution in [2.45, 2.75) is 12.8 Å². The number of likely N-dealkylation sites (tertiary alicyclic amines) is 1. The number of aromatic nitrogens is 2. The molecule has 1 aliphatic rings. The monoisotopic (exact) mass is 348 g/mol. The number of aromatic amines is 1. The maximum atomic E-state index is 12.9. The minimum absolute atomic E-state index is 0.0299. The van der Waals surface area contributed by atoms with Gasteiger partial charge in [0.05, 0.1) is 23.3 Å². The molecule has 1 aliphatic heterocycles. The number of nitrogens with one attached hydrogen (secondary N) is 2. The van der Waals surface area contributed by atoms with Gasteiger partial charge in [-0.15, -0.1) is 0 Å². The maximum absolute atomic E-state index is 12.9. The SMILES string of the molecule is O=C(Nc1ccccc1)C1CCCN(C(=O)c2ccc3nc[nH]c3c2)C1. The number of fused-ring (bicyclic) bond motifs is 1. The van der Waals surface area contributed by atoms with Gasteiger partial charge in [0.1, 0.15) is 0 Å². The normalized spacial score (nSPS) is 17.2. The summed E-state index contributed by atoms with van der Waals surface area (Å²) >= 11 is 0. The second-order valence-electron chi connectivity index (χ2n) is 6.58. The summed E-state index contributed by atoms with van der Waals surface area (Å²) < 4.78 is 0. The summed E-state index contributed by atoms with van der Waals surface area (Å²) in [6.07, 6.45) is 3.23. The Balaban J connectivity index is 1.45. The standard InChI is InChI=1S/C20H20N4O2/c25-19(23-16-6-2-1-3-7-16)15-5-4-10-24(12-15)20(26)14-8-9-17-18(11-14)22-13-21-17/h1-3,6-9,11,13,15H,4-5,10,12H2,(H,21,22)(H,23,25). The number of piperidine rings is 1. The molecule has 26 heavy (non-hydrogen) atoms. The molecule has 0 saturated carbocycles. The number of rotatable bonds is 3. The molecule has 2 N–H and O–H groups in total. The fraction of sp³-hybridized carbons (Fsp3) is 0.250. The molecular weight excluding hydrogens is 328 g/mol. The summed E-state index contributed by atoms with van der Waals surface area (Å²) in [4.78, 5) is 34.4. The zero-order valence-corrected chi connectivity index (χ0v) is 14.3. The van der Waals surface area contributed by atoms with Crippen LogP contribution in [0.3, 0.4) is 0 Å². The van der Waals surface area contributed by atoms with Crippen molar-refractivity contribution in [3.63, 3.8) is 0 Å². The predicted octanol–water partition coefficient (Wildman–Crippen LogP) is 3.05. The summed E-state index contributed by atoms with van der Waals surface area (Å²) in [5, 5.41) is 2.94. The molecule has 1 saturated heterocycles. The third-order valence-electron chi connectivity index (χ3n) is 4.79. The van der Waals surface area contributed by atoms with E-state index in [-0.39, 0.29) is 17.7 Å². The minimum atomic E-state index is -0.191. The van der Waals surface area contributed by atoms with Crippen molar-refractivity contribution in [2.24, 2.45) is 5.92 Å². The van der Waals surface area contributed by atoms with Gasteiger partial charge >= 0.3 is 0 Å². The van der Waals surface area contributed by atoms with E-state index in [4.69, 9.17) is 0 Å². The molecule has 0 radical (unpaired) electrons. The number of nitrogens with zero attached hydrogens (tertiary/aromatic N) is 2. The van der Waals surface area contributed by atoms with E-state index in [1.54, 1.807) is 17.3 Å². The highest BCUT2D eigenvalue weighted by Gasteiger charge is 2.29. The highest BCUT2D eigenvalue weighted by molar-refractivity contribution is 5.98. The van der Waals surface area contributed by atoms with Gasteiger partial charge < -0.3 is 15.2 Å². The number of hydrogen-bond acceptors (Lipinski definition) is 3. The molecule has 2 heterocycles. The van der Waals surface area contributed by atoms with E-state index in [1.165, 1.54) is 0 Å². The maximum Gasteiger partial charge on any atom is 0.253 e. The average molecular weight is 348 g/mol. The first kappa shape index (κ1) is 16.3. The van der Waals surface area contributed by atoms with E-state index in [2.05, 4.69) is 15.3 Å². The van der Waals surface area contributed by atoms with E-state index < -0.39 is 0 Å². The molecule has 4 rings (SSSR count). The molecule has 1 unspecified atom stereocenters. The quantitative estimate of drug-likeness (QED) is 0.764. The Bertz CT molecular complexity index is 935. The Morgan fingerprint density at radius 3 is 2.85 bits per heavy atom. The van der Waals surface area contributed by atoms with E-state index in [1.807, 2.05) is 42.5 Å². The summed E-state index contributed by atoms with van der Waals surface area (Å²) in [6.45, 7) is 1.12. The Morgan fingerprint density at radius 2 is 2.00 bits per heavy atom. The highest BCUT2D eigenvalue weighted by atomic mass is 16.2. The van der Waals surface area contributed by atoms with Gasteiger partial charge in [-0.2, -0.15) is 0 Å². The molecule has 1 aromatic heterocycles. The molecular formula is C20H20N4O2. The Hall–Kier alpha value is -3.15. The van der Waals surface area contributed by atoms with Crippen LogP contribution in [0.25, 0.3) is 11.0 Å². The van der Waals surface area contributed by atoms with Crippen LogP contribution in [0.2, 0.25) is 0 Å². The number of carbonyl (C=O) groups excluding carboxylic acids is 2. The van der Waals surface area contributed by atoms with Gasteiger partial charge in [-0.3, -0.25) is 9.59 Å². The van der Waals surface area contributed by atoms with Crippen molar-refractivity contribution in [1.82, 2.24) is 14.9 Å². The number of para-hydroxylation sites is 1. The Kier molecular flexibility index (Phi) is 4.39. The number of imidazole rings is 1. The summed E-state index contributed by atoms with van der Waals surface area (Å²) in [5.41, 5.74) is 3.07. The van der Waals surface area contributed by atoms with Crippen molar-refractivity contribution in [3.05, 3.63) is 60.4 Å². The van der Waals surface area contributed by atoms with Crippen molar-refractivity contribution in [3.8, 4) is 0 Å². The van der Waals surface area contributed by atoms with Crippen LogP contribution in [0.4, 0.5) is 5.69 Å². The van der Waals surface area contributed by atoms with Crippen molar-refractivity contribution in [1.29, 1.82) is 0 Å². The third-order valence-corrected chi connectivity index (χ3v) is 4.79. The van der Waals surface area contributed by atoms with Gasteiger partial charge in [0, 0.05) is 24.3 Å². The first-order valence-corrected chi connectivity index (χ1v) is 8.79. The summed E-state index contributed by atoms with van der Waals surface area (Å²) in [6, 6.07) is 14.9. The molecule has 6 nitrogen and oxygen atoms in total. The first-order chi connectivity index (χ1) is 12.7. The fourth-order valence-corrected chi connectivity index (χ4v) is 3.39. The van der Waals surface area contributed by atoms with Crippen LogP contribution in [-0.4, -0.2) is 39.8 Å². The van der Waals surface area contributed by atoms with Gasteiger partial charge in [0.15, 0.2) is 0 Å². The number of benzene rings is 2. The minimum Gasteiger partial charge on any atom is -0.345 e. The largest absolute Gasteiger partial charge is 0.345 e. The number of anilines is 1.